The third-order valence-corrected chi connectivity index (χ3v) is 2.43. The Morgan fingerprint density at radius 1 is 1.40 bits per heavy atom. The number of rotatable bonds is 5. The lowest BCUT2D eigenvalue weighted by Gasteiger charge is -2.05. The normalized spacial score (nSPS) is 10.1. The summed E-state index contributed by atoms with van der Waals surface area (Å²) in [6.45, 7) is 1.81. The minimum Gasteiger partial charge on any atom is -0.465 e. The number of aromatic nitrogens is 4. The zero-order valence-electron chi connectivity index (χ0n) is 10.8. The summed E-state index contributed by atoms with van der Waals surface area (Å²) in [7, 11) is 0. The molecule has 0 unspecified atom stereocenters. The van der Waals surface area contributed by atoms with Crippen LogP contribution >= 0.6 is 0 Å². The topological polar surface area (TPSA) is 110 Å². The number of tetrazole rings is 1. The molecule has 8 nitrogen and oxygen atoms in total. The fourth-order valence-electron chi connectivity index (χ4n) is 1.55. The monoisotopic (exact) mass is 275 g/mol. The van der Waals surface area contributed by atoms with Crippen LogP contribution in [0, 0.1) is 0 Å². The van der Waals surface area contributed by atoms with Crippen LogP contribution in [0.2, 0.25) is 0 Å². The van der Waals surface area contributed by atoms with Gasteiger partial charge in [0.1, 0.15) is 6.54 Å². The number of ether oxygens (including phenoxy) is 1. The Balaban J connectivity index is 2.03. The Kier molecular flexibility index (Phi) is 4.38. The van der Waals surface area contributed by atoms with Gasteiger partial charge in [-0.1, -0.05) is 12.1 Å². The highest BCUT2D eigenvalue weighted by Gasteiger charge is 2.10. The van der Waals surface area contributed by atoms with Crippen LogP contribution in [0.3, 0.4) is 0 Å². The molecule has 0 aliphatic rings. The average molecular weight is 275 g/mol. The van der Waals surface area contributed by atoms with Gasteiger partial charge in [-0.2, -0.15) is 5.21 Å². The second kappa shape index (κ2) is 6.41. The molecule has 0 spiro atoms. The molecule has 0 bridgehead atoms. The number of hydrogen-bond donors (Lipinski definition) is 2. The molecule has 2 N–H and O–H groups in total. The maximum absolute atomic E-state index is 11.9. The van der Waals surface area contributed by atoms with Crippen molar-refractivity contribution in [2.24, 2.45) is 0 Å². The van der Waals surface area contributed by atoms with Crippen molar-refractivity contribution in [3.05, 3.63) is 29.8 Å². The molecular formula is C12H13N5O3. The van der Waals surface area contributed by atoms with E-state index >= 15 is 0 Å². The Bertz CT molecular complexity index is 597. The van der Waals surface area contributed by atoms with Crippen molar-refractivity contribution in [2.75, 3.05) is 13.2 Å². The summed E-state index contributed by atoms with van der Waals surface area (Å²) in [6, 6.07) is 6.70. The Morgan fingerprint density at radius 2 is 2.25 bits per heavy atom. The van der Waals surface area contributed by atoms with Crippen LogP contribution < -0.4 is 5.32 Å². The highest BCUT2D eigenvalue weighted by atomic mass is 16.5. The standard InChI is InChI=1S/C12H13N5O3/c1-2-20-10(18)7-13-12(19)9-5-3-4-8(6-9)11-14-16-17-15-11/h3-6H,2,7H2,1H3,(H,13,19)(H,14,15,16,17). The largest absolute Gasteiger partial charge is 0.465 e. The molecule has 0 saturated carbocycles. The minimum atomic E-state index is -0.477. The number of aromatic amines is 1. The first-order valence-corrected chi connectivity index (χ1v) is 5.98. The molecule has 20 heavy (non-hydrogen) atoms. The van der Waals surface area contributed by atoms with Crippen molar-refractivity contribution in [2.45, 2.75) is 6.92 Å². The first-order valence-electron chi connectivity index (χ1n) is 5.98. The second-order valence-electron chi connectivity index (χ2n) is 3.80. The van der Waals surface area contributed by atoms with Crippen LogP contribution in [0.4, 0.5) is 0 Å². The lowest BCUT2D eigenvalue weighted by molar-refractivity contribution is -0.141. The van der Waals surface area contributed by atoms with Crippen molar-refractivity contribution < 1.29 is 14.3 Å². The SMILES string of the molecule is CCOC(=O)CNC(=O)c1cccc(-c2nn[nH]n2)c1. The van der Waals surface area contributed by atoms with Gasteiger partial charge in [-0.05, 0) is 24.3 Å². The van der Waals surface area contributed by atoms with E-state index in [2.05, 4.69) is 25.9 Å². The van der Waals surface area contributed by atoms with Gasteiger partial charge in [0, 0.05) is 11.1 Å². The van der Waals surface area contributed by atoms with E-state index in [9.17, 15) is 9.59 Å². The van der Waals surface area contributed by atoms with Gasteiger partial charge in [-0.15, -0.1) is 10.2 Å². The summed E-state index contributed by atoms with van der Waals surface area (Å²) < 4.78 is 4.72. The number of nitrogens with one attached hydrogen (secondary N) is 2. The number of nitrogens with zero attached hydrogens (tertiary/aromatic N) is 3. The van der Waals surface area contributed by atoms with Crippen LogP contribution in [0.25, 0.3) is 11.4 Å². The number of hydrogen-bond acceptors (Lipinski definition) is 6. The Hall–Kier alpha value is -2.77. The van der Waals surface area contributed by atoms with Crippen molar-refractivity contribution in [3.8, 4) is 11.4 Å². The molecule has 1 heterocycles. The molecule has 0 atom stereocenters. The molecule has 0 radical (unpaired) electrons. The van der Waals surface area contributed by atoms with Crippen molar-refractivity contribution in [1.82, 2.24) is 25.9 Å². The van der Waals surface area contributed by atoms with Gasteiger partial charge >= 0.3 is 5.97 Å². The molecule has 2 rings (SSSR count). The van der Waals surface area contributed by atoms with Gasteiger partial charge in [-0.3, -0.25) is 9.59 Å². The van der Waals surface area contributed by atoms with E-state index in [4.69, 9.17) is 4.74 Å². The van der Waals surface area contributed by atoms with Gasteiger partial charge in [0.25, 0.3) is 5.91 Å². The van der Waals surface area contributed by atoms with Gasteiger partial charge in [0.05, 0.1) is 6.61 Å². The number of esters is 1. The fourth-order valence-corrected chi connectivity index (χ4v) is 1.55. The zero-order valence-corrected chi connectivity index (χ0v) is 10.8. The molecular weight excluding hydrogens is 262 g/mol. The predicted octanol–water partition coefficient (Wildman–Crippen LogP) is 0.160. The van der Waals surface area contributed by atoms with E-state index in [-0.39, 0.29) is 19.1 Å². The molecule has 1 amide bonds. The predicted molar refractivity (Wildman–Crippen MR) is 68.6 cm³/mol. The van der Waals surface area contributed by atoms with E-state index < -0.39 is 5.97 Å². The average Bonchev–Trinajstić information content (AvgIpc) is 2.99. The summed E-state index contributed by atoms with van der Waals surface area (Å²) in [6.07, 6.45) is 0. The maximum atomic E-state index is 11.9. The van der Waals surface area contributed by atoms with E-state index in [1.165, 1.54) is 0 Å². The smallest absolute Gasteiger partial charge is 0.325 e. The fraction of sp³-hybridized carbons (Fsp3) is 0.250. The van der Waals surface area contributed by atoms with Crippen molar-refractivity contribution >= 4 is 11.9 Å². The summed E-state index contributed by atoms with van der Waals surface area (Å²) in [5.74, 6) is -0.455. The van der Waals surface area contributed by atoms with Gasteiger partial charge in [0.15, 0.2) is 0 Å². The van der Waals surface area contributed by atoms with Gasteiger partial charge in [-0.25, -0.2) is 0 Å². The summed E-state index contributed by atoms with van der Waals surface area (Å²) in [5, 5.41) is 15.9. The molecule has 104 valence electrons. The van der Waals surface area contributed by atoms with E-state index in [0.717, 1.165) is 0 Å². The third kappa shape index (κ3) is 3.37. The van der Waals surface area contributed by atoms with Crippen LogP contribution in [0.5, 0.6) is 0 Å². The number of carbonyl (C=O) groups is 2. The van der Waals surface area contributed by atoms with Crippen LogP contribution in [0.1, 0.15) is 17.3 Å². The number of carbonyl (C=O) groups excluding carboxylic acids is 2. The van der Waals surface area contributed by atoms with Crippen LogP contribution in [0.15, 0.2) is 24.3 Å². The summed E-state index contributed by atoms with van der Waals surface area (Å²) in [4.78, 5) is 23.1. The molecule has 0 aliphatic heterocycles. The molecule has 0 saturated heterocycles. The minimum absolute atomic E-state index is 0.168. The molecule has 0 fully saturated rings. The van der Waals surface area contributed by atoms with E-state index in [1.54, 1.807) is 31.2 Å². The number of H-pyrrole nitrogens is 1. The highest BCUT2D eigenvalue weighted by Crippen LogP contribution is 2.14. The van der Waals surface area contributed by atoms with Crippen LogP contribution in [-0.2, 0) is 9.53 Å². The number of benzene rings is 1. The Morgan fingerprint density at radius 3 is 2.95 bits per heavy atom. The second-order valence-corrected chi connectivity index (χ2v) is 3.80. The molecule has 2 aromatic rings. The molecule has 1 aromatic heterocycles. The summed E-state index contributed by atoms with van der Waals surface area (Å²) >= 11 is 0. The quantitative estimate of drug-likeness (QED) is 0.752. The highest BCUT2D eigenvalue weighted by molar-refractivity contribution is 5.96. The first-order chi connectivity index (χ1) is 9.70. The summed E-state index contributed by atoms with van der Waals surface area (Å²) in [5.41, 5.74) is 1.05. The van der Waals surface area contributed by atoms with E-state index in [0.29, 0.717) is 17.0 Å². The van der Waals surface area contributed by atoms with Crippen molar-refractivity contribution in [3.63, 3.8) is 0 Å². The number of amides is 1. The van der Waals surface area contributed by atoms with Gasteiger partial charge in [0.2, 0.25) is 5.82 Å². The molecule has 8 heteroatoms. The Labute approximate surface area is 114 Å². The zero-order chi connectivity index (χ0) is 14.4. The van der Waals surface area contributed by atoms with Crippen molar-refractivity contribution in [1.29, 1.82) is 0 Å². The first kappa shape index (κ1) is 13.7. The van der Waals surface area contributed by atoms with E-state index in [1.807, 2.05) is 0 Å². The lowest BCUT2D eigenvalue weighted by Crippen LogP contribution is -2.30. The maximum Gasteiger partial charge on any atom is 0.325 e. The molecule has 1 aromatic carbocycles. The molecule has 0 aliphatic carbocycles. The third-order valence-electron chi connectivity index (χ3n) is 2.43. The lowest BCUT2D eigenvalue weighted by atomic mass is 10.1. The van der Waals surface area contributed by atoms with Gasteiger partial charge < -0.3 is 10.1 Å². The van der Waals surface area contributed by atoms with Crippen LogP contribution in [-0.4, -0.2) is 45.7 Å².